The van der Waals surface area contributed by atoms with Crippen LogP contribution < -0.4 is 5.32 Å². The molecule has 0 radical (unpaired) electrons. The number of unbranched alkanes of at least 4 members (excludes halogenated alkanes) is 1. The van der Waals surface area contributed by atoms with E-state index in [1.54, 1.807) is 0 Å². The highest BCUT2D eigenvalue weighted by Crippen LogP contribution is 2.49. The number of aliphatic hydroxyl groups is 3. The van der Waals surface area contributed by atoms with Gasteiger partial charge in [-0.15, -0.1) is 0 Å². The van der Waals surface area contributed by atoms with Crippen molar-refractivity contribution < 1.29 is 20.1 Å². The molecule has 0 spiro atoms. The molecule has 5 unspecified atom stereocenters. The van der Waals surface area contributed by atoms with Gasteiger partial charge in [-0.05, 0) is 55.4 Å². The van der Waals surface area contributed by atoms with Crippen molar-refractivity contribution in [1.29, 1.82) is 0 Å². The van der Waals surface area contributed by atoms with E-state index >= 15 is 0 Å². The third-order valence-corrected chi connectivity index (χ3v) is 6.35. The molecule has 28 heavy (non-hydrogen) atoms. The molecule has 0 saturated heterocycles. The Bertz CT molecular complexity index is 573. The number of hydrogen-bond acceptors (Lipinski definition) is 4. The summed E-state index contributed by atoms with van der Waals surface area (Å²) in [5, 5.41) is 34.0. The van der Waals surface area contributed by atoms with Crippen LogP contribution in [0.15, 0.2) is 23.8 Å². The normalized spacial score (nSPS) is 31.6. The summed E-state index contributed by atoms with van der Waals surface area (Å²) in [7, 11) is 0. The Morgan fingerprint density at radius 2 is 2.11 bits per heavy atom. The molecule has 0 aromatic carbocycles. The zero-order chi connectivity index (χ0) is 20.7. The Hall–Kier alpha value is -1.17. The Kier molecular flexibility index (Phi) is 8.72. The Labute approximate surface area is 169 Å². The second-order valence-corrected chi connectivity index (χ2v) is 9.17. The average molecular weight is 394 g/mol. The molecule has 2 rings (SSSR count). The van der Waals surface area contributed by atoms with E-state index in [9.17, 15) is 20.1 Å². The molecule has 5 nitrogen and oxygen atoms in total. The van der Waals surface area contributed by atoms with Crippen LogP contribution in [0.1, 0.15) is 72.1 Å². The van der Waals surface area contributed by atoms with Gasteiger partial charge in [-0.3, -0.25) is 4.79 Å². The summed E-state index contributed by atoms with van der Waals surface area (Å²) in [5.74, 6) is 0.333. The molecule has 4 N–H and O–H groups in total. The van der Waals surface area contributed by atoms with Crippen molar-refractivity contribution in [2.24, 2.45) is 17.3 Å². The molecular weight excluding hydrogens is 354 g/mol. The lowest BCUT2D eigenvalue weighted by molar-refractivity contribution is -0.123. The van der Waals surface area contributed by atoms with Crippen molar-refractivity contribution >= 4 is 5.91 Å². The molecule has 160 valence electrons. The van der Waals surface area contributed by atoms with Gasteiger partial charge in [-0.25, -0.2) is 0 Å². The number of carbonyl (C=O) groups is 1. The van der Waals surface area contributed by atoms with Gasteiger partial charge in [0.1, 0.15) is 0 Å². The van der Waals surface area contributed by atoms with Gasteiger partial charge in [0, 0.05) is 12.5 Å². The molecule has 2 aliphatic carbocycles. The van der Waals surface area contributed by atoms with Crippen molar-refractivity contribution in [1.82, 2.24) is 5.32 Å². The predicted molar refractivity (Wildman–Crippen MR) is 112 cm³/mol. The van der Waals surface area contributed by atoms with E-state index in [1.807, 2.05) is 0 Å². The second-order valence-electron chi connectivity index (χ2n) is 9.17. The Morgan fingerprint density at radius 1 is 1.36 bits per heavy atom. The molecule has 0 aliphatic heterocycles. The van der Waals surface area contributed by atoms with Crippen LogP contribution in [0.5, 0.6) is 0 Å². The fourth-order valence-corrected chi connectivity index (χ4v) is 4.82. The van der Waals surface area contributed by atoms with E-state index in [1.165, 1.54) is 5.57 Å². The Morgan fingerprint density at radius 3 is 2.82 bits per heavy atom. The van der Waals surface area contributed by atoms with Gasteiger partial charge in [0.2, 0.25) is 5.91 Å². The highest BCUT2D eigenvalue weighted by atomic mass is 16.3. The van der Waals surface area contributed by atoms with Crippen LogP contribution >= 0.6 is 0 Å². The monoisotopic (exact) mass is 393 g/mol. The third kappa shape index (κ3) is 6.43. The zero-order valence-corrected chi connectivity index (χ0v) is 17.7. The number of aliphatic hydroxyl groups excluding tert-OH is 3. The molecule has 0 bridgehead atoms. The van der Waals surface area contributed by atoms with Crippen LogP contribution in [0.4, 0.5) is 0 Å². The first-order valence-corrected chi connectivity index (χ1v) is 10.9. The van der Waals surface area contributed by atoms with Gasteiger partial charge in [0.05, 0.1) is 24.7 Å². The molecule has 6 atom stereocenters. The van der Waals surface area contributed by atoms with E-state index in [4.69, 9.17) is 0 Å². The number of allylic oxidation sites excluding steroid dienone is 3. The summed E-state index contributed by atoms with van der Waals surface area (Å²) in [5.41, 5.74) is 1.13. The average Bonchev–Trinajstić information content (AvgIpc) is 2.59. The van der Waals surface area contributed by atoms with Crippen LogP contribution in [-0.4, -0.2) is 46.1 Å². The lowest BCUT2D eigenvalue weighted by Gasteiger charge is -2.46. The summed E-state index contributed by atoms with van der Waals surface area (Å²) in [4.78, 5) is 11.8. The number of fused-ring (bicyclic) bond motifs is 1. The fraction of sp³-hybridized carbons (Fsp3) is 0.783. The van der Waals surface area contributed by atoms with Gasteiger partial charge < -0.3 is 20.6 Å². The van der Waals surface area contributed by atoms with Gasteiger partial charge >= 0.3 is 0 Å². The molecule has 0 fully saturated rings. The molecule has 1 amide bonds. The smallest absolute Gasteiger partial charge is 0.222 e. The van der Waals surface area contributed by atoms with Crippen molar-refractivity contribution in [3.8, 4) is 0 Å². The topological polar surface area (TPSA) is 89.8 Å². The second kappa shape index (κ2) is 10.6. The van der Waals surface area contributed by atoms with Crippen LogP contribution in [-0.2, 0) is 4.79 Å². The molecule has 5 heteroatoms. The van der Waals surface area contributed by atoms with Crippen molar-refractivity contribution in [3.05, 3.63) is 23.8 Å². The molecular formula is C23H39NO4. The number of carbonyl (C=O) groups excluding carboxylic acids is 1. The molecule has 0 aromatic heterocycles. The minimum Gasteiger partial charge on any atom is -0.393 e. The number of nitrogens with one attached hydrogen (secondary N) is 1. The SMILES string of the molecule is CCCCNC(=O)CC(O)CC(O)CCC1(C)CC=CC2=CC(C)CC(O)[C@@H]21. The molecule has 2 aliphatic rings. The largest absolute Gasteiger partial charge is 0.393 e. The maximum absolute atomic E-state index is 11.8. The van der Waals surface area contributed by atoms with Crippen LogP contribution in [0.25, 0.3) is 0 Å². The number of amides is 1. The summed E-state index contributed by atoms with van der Waals surface area (Å²) in [6, 6.07) is 0. The van der Waals surface area contributed by atoms with Gasteiger partial charge in [-0.2, -0.15) is 0 Å². The minimum absolute atomic E-state index is 0.0346. The predicted octanol–water partition coefficient (Wildman–Crippen LogP) is 3.09. The summed E-state index contributed by atoms with van der Waals surface area (Å²) in [6.45, 7) is 7.02. The summed E-state index contributed by atoms with van der Waals surface area (Å²) < 4.78 is 0. The number of hydrogen-bond donors (Lipinski definition) is 4. The lowest BCUT2D eigenvalue weighted by atomic mass is 9.60. The first-order valence-electron chi connectivity index (χ1n) is 10.9. The highest BCUT2D eigenvalue weighted by Gasteiger charge is 2.43. The van der Waals surface area contributed by atoms with Crippen molar-refractivity contribution in [2.45, 2.75) is 90.4 Å². The van der Waals surface area contributed by atoms with Gasteiger partial charge in [0.15, 0.2) is 0 Å². The molecule has 0 saturated carbocycles. The van der Waals surface area contributed by atoms with Crippen LogP contribution in [0.2, 0.25) is 0 Å². The fourth-order valence-electron chi connectivity index (χ4n) is 4.82. The standard InChI is InChI=1S/C23H39NO4/c1-4-5-11-24-21(28)15-19(26)14-18(25)8-10-23(3)9-6-7-17-12-16(2)13-20(27)22(17)23/h6-7,12,16,18-20,22,25-27H,4-5,8-11,13-15H2,1-3H3,(H,24,28)/t16?,18?,19?,20?,22-,23?/m1/s1. The quantitative estimate of drug-likeness (QED) is 0.429. The molecule has 0 heterocycles. The highest BCUT2D eigenvalue weighted by molar-refractivity contribution is 5.76. The summed E-state index contributed by atoms with van der Waals surface area (Å²) >= 11 is 0. The van der Waals surface area contributed by atoms with E-state index in [-0.39, 0.29) is 36.2 Å². The van der Waals surface area contributed by atoms with Gasteiger partial charge in [0.25, 0.3) is 0 Å². The first kappa shape index (κ1) is 23.1. The zero-order valence-electron chi connectivity index (χ0n) is 17.7. The first-order chi connectivity index (χ1) is 13.2. The van der Waals surface area contributed by atoms with Crippen molar-refractivity contribution in [2.75, 3.05) is 6.54 Å². The van der Waals surface area contributed by atoms with E-state index in [0.717, 1.165) is 32.1 Å². The van der Waals surface area contributed by atoms with E-state index < -0.39 is 12.2 Å². The summed E-state index contributed by atoms with van der Waals surface area (Å²) in [6.07, 6.45) is 9.96. The van der Waals surface area contributed by atoms with E-state index in [2.05, 4.69) is 44.3 Å². The third-order valence-electron chi connectivity index (χ3n) is 6.35. The minimum atomic E-state index is -0.827. The Balaban J connectivity index is 1.83. The van der Waals surface area contributed by atoms with Crippen LogP contribution in [0, 0.1) is 17.3 Å². The van der Waals surface area contributed by atoms with Gasteiger partial charge in [-0.1, -0.05) is 45.4 Å². The molecule has 0 aromatic rings. The lowest BCUT2D eigenvalue weighted by Crippen LogP contribution is -2.42. The maximum atomic E-state index is 11.8. The van der Waals surface area contributed by atoms with Crippen molar-refractivity contribution in [3.63, 3.8) is 0 Å². The van der Waals surface area contributed by atoms with E-state index in [0.29, 0.717) is 18.9 Å². The van der Waals surface area contributed by atoms with Crippen LogP contribution in [0.3, 0.4) is 0 Å². The number of rotatable bonds is 10. The maximum Gasteiger partial charge on any atom is 0.222 e.